The molecule has 0 unspecified atom stereocenters. The van der Waals surface area contributed by atoms with Gasteiger partial charge in [0.15, 0.2) is 9.84 Å². The number of sulfone groups is 1. The molecule has 10 heteroatoms. The number of hydrogen-bond acceptors (Lipinski definition) is 6. The number of halogens is 1. The third-order valence-corrected chi connectivity index (χ3v) is 7.59. The number of anilines is 1. The van der Waals surface area contributed by atoms with Crippen molar-refractivity contribution < 1.29 is 18.0 Å². The molecule has 4 rings (SSSR count). The molecule has 156 valence electrons. The molecule has 0 spiro atoms. The Balaban J connectivity index is 1.41. The third kappa shape index (κ3) is 4.40. The second kappa shape index (κ2) is 7.95. The van der Waals surface area contributed by atoms with Crippen LogP contribution < -0.4 is 4.90 Å². The van der Waals surface area contributed by atoms with E-state index in [1.807, 2.05) is 24.3 Å². The topological polar surface area (TPSA) is 90.4 Å². The predicted octanol–water partition coefficient (Wildman–Crippen LogP) is 1.15. The van der Waals surface area contributed by atoms with Crippen LogP contribution in [0, 0.1) is 0 Å². The van der Waals surface area contributed by atoms with Gasteiger partial charge < -0.3 is 9.80 Å². The minimum atomic E-state index is -3.14. The number of carbonyl (C=O) groups excluding carboxylic acids is 2. The van der Waals surface area contributed by atoms with Crippen LogP contribution in [0.25, 0.3) is 0 Å². The summed E-state index contributed by atoms with van der Waals surface area (Å²) >= 11 is 6.06. The largest absolute Gasteiger partial charge is 0.368 e. The molecule has 2 fully saturated rings. The van der Waals surface area contributed by atoms with Gasteiger partial charge in [-0.2, -0.15) is 5.10 Å². The first kappa shape index (κ1) is 20.2. The third-order valence-electron chi connectivity index (χ3n) is 5.60. The highest BCUT2D eigenvalue weighted by Crippen LogP contribution is 2.24. The molecule has 3 aliphatic heterocycles. The van der Waals surface area contributed by atoms with Gasteiger partial charge in [-0.25, -0.2) is 13.4 Å². The molecular formula is C19H23ClN4O4S. The summed E-state index contributed by atoms with van der Waals surface area (Å²) in [6.45, 7) is 2.47. The Morgan fingerprint density at radius 1 is 1.14 bits per heavy atom. The van der Waals surface area contributed by atoms with Crippen molar-refractivity contribution in [2.24, 2.45) is 5.10 Å². The van der Waals surface area contributed by atoms with Gasteiger partial charge in [0.05, 0.1) is 17.5 Å². The van der Waals surface area contributed by atoms with Crippen LogP contribution in [0.4, 0.5) is 5.69 Å². The van der Waals surface area contributed by atoms with E-state index in [1.54, 1.807) is 4.90 Å². The van der Waals surface area contributed by atoms with Crippen LogP contribution in [0.15, 0.2) is 29.4 Å². The van der Waals surface area contributed by atoms with Crippen molar-refractivity contribution in [1.29, 1.82) is 0 Å². The Bertz CT molecular complexity index is 957. The fraction of sp³-hybridized carbons (Fsp3) is 0.526. The van der Waals surface area contributed by atoms with E-state index in [-0.39, 0.29) is 29.7 Å². The van der Waals surface area contributed by atoms with E-state index in [1.165, 1.54) is 5.01 Å². The number of hydrazone groups is 1. The van der Waals surface area contributed by atoms with Crippen molar-refractivity contribution in [3.8, 4) is 0 Å². The molecule has 3 heterocycles. The molecule has 0 aliphatic carbocycles. The maximum absolute atomic E-state index is 12.9. The summed E-state index contributed by atoms with van der Waals surface area (Å²) in [5, 5.41) is 6.20. The first-order valence-corrected chi connectivity index (χ1v) is 11.9. The lowest BCUT2D eigenvalue weighted by Crippen LogP contribution is -2.52. The highest BCUT2D eigenvalue weighted by molar-refractivity contribution is 7.91. The van der Waals surface area contributed by atoms with Crippen LogP contribution in [0.3, 0.4) is 0 Å². The van der Waals surface area contributed by atoms with Crippen LogP contribution in [0.5, 0.6) is 0 Å². The number of nitrogens with zero attached hydrogens (tertiary/aromatic N) is 4. The molecule has 1 atom stereocenters. The van der Waals surface area contributed by atoms with Crippen molar-refractivity contribution in [2.45, 2.75) is 25.3 Å². The van der Waals surface area contributed by atoms with Gasteiger partial charge in [-0.1, -0.05) is 17.7 Å². The molecule has 29 heavy (non-hydrogen) atoms. The zero-order chi connectivity index (χ0) is 20.6. The van der Waals surface area contributed by atoms with Crippen LogP contribution in [0.1, 0.15) is 19.3 Å². The average molecular weight is 439 g/mol. The van der Waals surface area contributed by atoms with Gasteiger partial charge in [-0.15, -0.1) is 0 Å². The Morgan fingerprint density at radius 2 is 1.90 bits per heavy atom. The summed E-state index contributed by atoms with van der Waals surface area (Å²) in [5.41, 5.74) is 1.36. The molecule has 2 saturated heterocycles. The number of rotatable bonds is 3. The van der Waals surface area contributed by atoms with E-state index in [4.69, 9.17) is 11.6 Å². The average Bonchev–Trinajstić information content (AvgIpc) is 3.07. The molecule has 2 amide bonds. The van der Waals surface area contributed by atoms with Crippen molar-refractivity contribution >= 4 is 44.7 Å². The van der Waals surface area contributed by atoms with E-state index >= 15 is 0 Å². The van der Waals surface area contributed by atoms with Crippen molar-refractivity contribution in [3.63, 3.8) is 0 Å². The van der Waals surface area contributed by atoms with Crippen molar-refractivity contribution in [3.05, 3.63) is 29.3 Å². The van der Waals surface area contributed by atoms with Gasteiger partial charge in [0.25, 0.3) is 5.91 Å². The Kier molecular flexibility index (Phi) is 5.52. The molecule has 1 aromatic rings. The van der Waals surface area contributed by atoms with Gasteiger partial charge in [-0.05, 0) is 24.6 Å². The monoisotopic (exact) mass is 438 g/mol. The zero-order valence-corrected chi connectivity index (χ0v) is 17.5. The fourth-order valence-corrected chi connectivity index (χ4v) is 5.88. The van der Waals surface area contributed by atoms with E-state index in [2.05, 4.69) is 10.0 Å². The molecule has 8 nitrogen and oxygen atoms in total. The standard InChI is InChI=1S/C19H23ClN4O4S/c20-14-2-1-3-15(12-14)22-7-9-23(10-8-22)19(26)17-4-5-18(25)24(21-17)16-6-11-29(27,28)13-16/h1-3,12,16H,4-11,13H2/t16-/m1/s1. The lowest BCUT2D eigenvalue weighted by Gasteiger charge is -2.37. The summed E-state index contributed by atoms with van der Waals surface area (Å²) < 4.78 is 23.5. The van der Waals surface area contributed by atoms with E-state index < -0.39 is 15.9 Å². The molecule has 0 radical (unpaired) electrons. The molecule has 0 bridgehead atoms. The van der Waals surface area contributed by atoms with Crippen molar-refractivity contribution in [1.82, 2.24) is 9.91 Å². The fourth-order valence-electron chi connectivity index (χ4n) is 4.00. The predicted molar refractivity (Wildman–Crippen MR) is 111 cm³/mol. The highest BCUT2D eigenvalue weighted by atomic mass is 35.5. The summed E-state index contributed by atoms with van der Waals surface area (Å²) in [5.74, 6) is -0.406. The van der Waals surface area contributed by atoms with Crippen molar-refractivity contribution in [2.75, 3.05) is 42.6 Å². The minimum Gasteiger partial charge on any atom is -0.368 e. The Labute approximate surface area is 175 Å². The molecule has 0 aromatic heterocycles. The molecule has 0 saturated carbocycles. The van der Waals surface area contributed by atoms with E-state index in [0.29, 0.717) is 49.8 Å². The Hall–Kier alpha value is -2.13. The number of piperazine rings is 1. The SMILES string of the molecule is O=C(C1=NN([C@@H]2CCS(=O)(=O)C2)C(=O)CC1)N1CCN(c2cccc(Cl)c2)CC1. The molecular weight excluding hydrogens is 416 g/mol. The normalized spacial score (nSPS) is 24.6. The van der Waals surface area contributed by atoms with E-state index in [9.17, 15) is 18.0 Å². The smallest absolute Gasteiger partial charge is 0.270 e. The zero-order valence-electron chi connectivity index (χ0n) is 16.0. The summed E-state index contributed by atoms with van der Waals surface area (Å²) in [6, 6.07) is 7.17. The van der Waals surface area contributed by atoms with Crippen LogP contribution in [-0.2, 0) is 19.4 Å². The van der Waals surface area contributed by atoms with Gasteiger partial charge in [0.1, 0.15) is 5.71 Å². The maximum atomic E-state index is 12.9. The Morgan fingerprint density at radius 3 is 2.55 bits per heavy atom. The van der Waals surface area contributed by atoms with Gasteiger partial charge >= 0.3 is 0 Å². The molecule has 0 N–H and O–H groups in total. The summed E-state index contributed by atoms with van der Waals surface area (Å²) in [4.78, 5) is 29.1. The quantitative estimate of drug-likeness (QED) is 0.706. The van der Waals surface area contributed by atoms with Gasteiger partial charge in [-0.3, -0.25) is 9.59 Å². The highest BCUT2D eigenvalue weighted by Gasteiger charge is 2.38. The van der Waals surface area contributed by atoms with Gasteiger partial charge in [0.2, 0.25) is 5.91 Å². The first-order chi connectivity index (χ1) is 13.8. The number of carbonyl (C=O) groups is 2. The van der Waals surface area contributed by atoms with Gasteiger partial charge in [0, 0.05) is 49.7 Å². The lowest BCUT2D eigenvalue weighted by atomic mass is 10.1. The van der Waals surface area contributed by atoms with Crippen LogP contribution in [0.2, 0.25) is 5.02 Å². The molecule has 1 aromatic carbocycles. The summed E-state index contributed by atoms with van der Waals surface area (Å²) in [7, 11) is -3.14. The van der Waals surface area contributed by atoms with Crippen LogP contribution >= 0.6 is 11.6 Å². The number of amides is 2. The number of benzene rings is 1. The number of hydrogen-bond donors (Lipinski definition) is 0. The second-order valence-electron chi connectivity index (χ2n) is 7.60. The maximum Gasteiger partial charge on any atom is 0.270 e. The molecule has 3 aliphatic rings. The minimum absolute atomic E-state index is 0.0612. The first-order valence-electron chi connectivity index (χ1n) is 9.72. The van der Waals surface area contributed by atoms with E-state index in [0.717, 1.165) is 5.69 Å². The summed E-state index contributed by atoms with van der Waals surface area (Å²) in [6.07, 6.45) is 0.850. The second-order valence-corrected chi connectivity index (χ2v) is 10.3. The van der Waals surface area contributed by atoms with Crippen LogP contribution in [-0.4, -0.2) is 79.6 Å². The lowest BCUT2D eigenvalue weighted by molar-refractivity contribution is -0.134.